The molecule has 2 aromatic carbocycles. The Bertz CT molecular complexity index is 1200. The lowest BCUT2D eigenvalue weighted by atomic mass is 10.1. The minimum atomic E-state index is -4.72. The number of halogens is 3. The minimum Gasteiger partial charge on any atom is -0.379 e. The van der Waals surface area contributed by atoms with E-state index < -0.39 is 26.8 Å². The standard InChI is InChI=1S/C26H33F3N2O6S/c1-4-30(5-2)21-12-11-19(16-31(25(32)18-35-3)17-22-9-7-13-36-22)24(15-21)37-38(33,34)23-10-6-8-20(14-23)26(27,28)29/h6,8,10-12,14-15,22H,4-5,7,9,13,16-18H2,1-3H3. The average molecular weight is 559 g/mol. The quantitative estimate of drug-likeness (QED) is 0.355. The van der Waals surface area contributed by atoms with Crippen LogP contribution in [0.3, 0.4) is 0 Å². The number of hydrogen-bond donors (Lipinski definition) is 0. The highest BCUT2D eigenvalue weighted by Gasteiger charge is 2.32. The fraction of sp³-hybridized carbons (Fsp3) is 0.500. The van der Waals surface area contributed by atoms with Gasteiger partial charge in [0.1, 0.15) is 17.3 Å². The molecule has 2 aromatic rings. The largest absolute Gasteiger partial charge is 0.416 e. The normalized spacial score (nSPS) is 15.9. The average Bonchev–Trinajstić information content (AvgIpc) is 3.38. The maximum atomic E-state index is 13.2. The molecule has 0 saturated carbocycles. The van der Waals surface area contributed by atoms with Gasteiger partial charge in [0, 0.05) is 57.2 Å². The van der Waals surface area contributed by atoms with Crippen molar-refractivity contribution in [3.05, 3.63) is 53.6 Å². The lowest BCUT2D eigenvalue weighted by molar-refractivity contribution is -0.138. The van der Waals surface area contributed by atoms with E-state index in [0.717, 1.165) is 31.0 Å². The van der Waals surface area contributed by atoms with E-state index in [1.54, 1.807) is 12.1 Å². The Hall–Kier alpha value is -2.83. The zero-order chi connectivity index (χ0) is 27.9. The van der Waals surface area contributed by atoms with E-state index in [1.807, 2.05) is 18.7 Å². The molecule has 0 aliphatic carbocycles. The molecule has 210 valence electrons. The van der Waals surface area contributed by atoms with Gasteiger partial charge in [-0.25, -0.2) is 0 Å². The van der Waals surface area contributed by atoms with Crippen LogP contribution in [-0.4, -0.2) is 65.3 Å². The van der Waals surface area contributed by atoms with Gasteiger partial charge in [-0.1, -0.05) is 12.1 Å². The summed E-state index contributed by atoms with van der Waals surface area (Å²) in [5.41, 5.74) is -0.0621. The zero-order valence-corrected chi connectivity index (χ0v) is 22.5. The summed E-state index contributed by atoms with van der Waals surface area (Å²) < 4.78 is 82.1. The number of nitrogens with zero attached hydrogens (tertiary/aromatic N) is 2. The molecule has 1 amide bonds. The van der Waals surface area contributed by atoms with Crippen molar-refractivity contribution in [2.75, 3.05) is 44.9 Å². The Morgan fingerprint density at radius 2 is 1.87 bits per heavy atom. The lowest BCUT2D eigenvalue weighted by Crippen LogP contribution is -2.39. The van der Waals surface area contributed by atoms with Crippen LogP contribution in [-0.2, 0) is 37.1 Å². The number of carbonyl (C=O) groups is 1. The SMILES string of the molecule is CCN(CC)c1ccc(CN(CC2CCCO2)C(=O)COC)c(OS(=O)(=O)c2cccc(C(F)(F)F)c2)c1. The van der Waals surface area contributed by atoms with Crippen molar-refractivity contribution in [1.82, 2.24) is 4.90 Å². The summed E-state index contributed by atoms with van der Waals surface area (Å²) in [5, 5.41) is 0. The summed E-state index contributed by atoms with van der Waals surface area (Å²) >= 11 is 0. The predicted octanol–water partition coefficient (Wildman–Crippen LogP) is 4.47. The van der Waals surface area contributed by atoms with Crippen molar-refractivity contribution in [1.29, 1.82) is 0 Å². The number of benzene rings is 2. The first kappa shape index (κ1) is 29.7. The fourth-order valence-corrected chi connectivity index (χ4v) is 5.24. The first-order valence-electron chi connectivity index (χ1n) is 12.4. The second kappa shape index (κ2) is 12.8. The second-order valence-electron chi connectivity index (χ2n) is 8.87. The molecule has 0 aromatic heterocycles. The van der Waals surface area contributed by atoms with E-state index in [9.17, 15) is 26.4 Å². The van der Waals surface area contributed by atoms with Gasteiger partial charge in [-0.2, -0.15) is 21.6 Å². The maximum absolute atomic E-state index is 13.2. The number of ether oxygens (including phenoxy) is 2. The Morgan fingerprint density at radius 3 is 2.47 bits per heavy atom. The molecule has 1 atom stereocenters. The second-order valence-corrected chi connectivity index (χ2v) is 10.4. The van der Waals surface area contributed by atoms with Gasteiger partial charge >= 0.3 is 16.3 Å². The van der Waals surface area contributed by atoms with Crippen LogP contribution in [0.15, 0.2) is 47.4 Å². The minimum absolute atomic E-state index is 0.00593. The highest BCUT2D eigenvalue weighted by Crippen LogP contribution is 2.33. The van der Waals surface area contributed by atoms with Crippen molar-refractivity contribution in [2.24, 2.45) is 0 Å². The van der Waals surface area contributed by atoms with Crippen molar-refractivity contribution in [3.63, 3.8) is 0 Å². The summed E-state index contributed by atoms with van der Waals surface area (Å²) in [6, 6.07) is 8.36. The summed E-state index contributed by atoms with van der Waals surface area (Å²) in [5.74, 6) is -0.392. The van der Waals surface area contributed by atoms with Crippen LogP contribution in [0.1, 0.15) is 37.8 Å². The number of amides is 1. The van der Waals surface area contributed by atoms with E-state index in [-0.39, 0.29) is 37.5 Å². The highest BCUT2D eigenvalue weighted by molar-refractivity contribution is 7.87. The number of hydrogen-bond acceptors (Lipinski definition) is 7. The molecular formula is C26H33F3N2O6S. The molecule has 12 heteroatoms. The molecule has 3 rings (SSSR count). The number of anilines is 1. The van der Waals surface area contributed by atoms with Crippen LogP contribution in [0.4, 0.5) is 18.9 Å². The van der Waals surface area contributed by atoms with E-state index in [0.29, 0.717) is 37.0 Å². The molecule has 1 saturated heterocycles. The van der Waals surface area contributed by atoms with E-state index in [4.69, 9.17) is 13.7 Å². The third-order valence-corrected chi connectivity index (χ3v) is 7.49. The van der Waals surface area contributed by atoms with Crippen LogP contribution < -0.4 is 9.08 Å². The lowest BCUT2D eigenvalue weighted by Gasteiger charge is -2.27. The number of carbonyl (C=O) groups excluding carboxylic acids is 1. The monoisotopic (exact) mass is 558 g/mol. The molecule has 38 heavy (non-hydrogen) atoms. The van der Waals surface area contributed by atoms with Gasteiger partial charge in [0.2, 0.25) is 5.91 Å². The van der Waals surface area contributed by atoms with Gasteiger partial charge in [0.15, 0.2) is 0 Å². The van der Waals surface area contributed by atoms with Crippen molar-refractivity contribution in [2.45, 2.75) is 50.4 Å². The summed E-state index contributed by atoms with van der Waals surface area (Å²) in [4.78, 5) is 15.7. The van der Waals surface area contributed by atoms with E-state index in [2.05, 4.69) is 0 Å². The maximum Gasteiger partial charge on any atom is 0.416 e. The number of methoxy groups -OCH3 is 1. The molecule has 1 heterocycles. The summed E-state index contributed by atoms with van der Waals surface area (Å²) in [6.07, 6.45) is -3.22. The topological polar surface area (TPSA) is 85.4 Å². The first-order chi connectivity index (χ1) is 18.0. The number of rotatable bonds is 12. The van der Waals surface area contributed by atoms with Crippen molar-refractivity contribution >= 4 is 21.7 Å². The molecule has 1 aliphatic rings. The van der Waals surface area contributed by atoms with Gasteiger partial charge in [0.05, 0.1) is 11.7 Å². The van der Waals surface area contributed by atoms with Gasteiger partial charge in [-0.05, 0) is 51.0 Å². The number of alkyl halides is 3. The molecule has 1 fully saturated rings. The molecular weight excluding hydrogens is 525 g/mol. The van der Waals surface area contributed by atoms with Gasteiger partial charge in [-0.3, -0.25) is 4.79 Å². The Kier molecular flexibility index (Phi) is 10.0. The van der Waals surface area contributed by atoms with Crippen LogP contribution in [0.5, 0.6) is 5.75 Å². The molecule has 0 radical (unpaired) electrons. The summed E-state index contributed by atoms with van der Waals surface area (Å²) in [6.45, 7) is 5.82. The Balaban J connectivity index is 2.00. The first-order valence-corrected chi connectivity index (χ1v) is 13.8. The molecule has 0 bridgehead atoms. The zero-order valence-electron chi connectivity index (χ0n) is 21.7. The van der Waals surface area contributed by atoms with Crippen LogP contribution in [0.25, 0.3) is 0 Å². The smallest absolute Gasteiger partial charge is 0.379 e. The van der Waals surface area contributed by atoms with Crippen molar-refractivity contribution < 1.29 is 40.0 Å². The predicted molar refractivity (Wildman–Crippen MR) is 136 cm³/mol. The van der Waals surface area contributed by atoms with Crippen LogP contribution >= 0.6 is 0 Å². The highest BCUT2D eigenvalue weighted by atomic mass is 32.2. The molecule has 8 nitrogen and oxygen atoms in total. The molecule has 0 N–H and O–H groups in total. The van der Waals surface area contributed by atoms with Crippen LogP contribution in [0, 0.1) is 0 Å². The van der Waals surface area contributed by atoms with Crippen LogP contribution in [0.2, 0.25) is 0 Å². The Labute approximate surface area is 221 Å². The Morgan fingerprint density at radius 1 is 1.13 bits per heavy atom. The van der Waals surface area contributed by atoms with Gasteiger partial charge < -0.3 is 23.5 Å². The molecule has 1 aliphatic heterocycles. The van der Waals surface area contributed by atoms with Gasteiger partial charge in [0.25, 0.3) is 0 Å². The molecule has 1 unspecified atom stereocenters. The van der Waals surface area contributed by atoms with E-state index in [1.165, 1.54) is 18.1 Å². The third kappa shape index (κ3) is 7.61. The summed E-state index contributed by atoms with van der Waals surface area (Å²) in [7, 11) is -3.23. The van der Waals surface area contributed by atoms with Gasteiger partial charge in [-0.15, -0.1) is 0 Å². The molecule has 0 spiro atoms. The third-order valence-electron chi connectivity index (χ3n) is 6.26. The van der Waals surface area contributed by atoms with E-state index >= 15 is 0 Å². The fourth-order valence-electron chi connectivity index (χ4n) is 4.24. The van der Waals surface area contributed by atoms with Crippen molar-refractivity contribution in [3.8, 4) is 5.75 Å².